The highest BCUT2D eigenvalue weighted by Gasteiger charge is 2.32. The minimum absolute atomic E-state index is 0.512. The Morgan fingerprint density at radius 2 is 1.47 bits per heavy atom. The summed E-state index contributed by atoms with van der Waals surface area (Å²) in [6, 6.07) is 29.1. The van der Waals surface area contributed by atoms with E-state index in [0.717, 1.165) is 50.3 Å². The Balaban J connectivity index is 1.38. The van der Waals surface area contributed by atoms with Crippen LogP contribution in [0.2, 0.25) is 0 Å². The van der Waals surface area contributed by atoms with Crippen molar-refractivity contribution in [2.75, 3.05) is 31.1 Å². The Morgan fingerprint density at radius 3 is 2.33 bits per heavy atom. The second-order valence-corrected chi connectivity index (χ2v) is 9.41. The fourth-order valence-electron chi connectivity index (χ4n) is 4.92. The summed E-state index contributed by atoms with van der Waals surface area (Å²) in [5.74, 6) is 0. The second kappa shape index (κ2) is 8.93. The fourth-order valence-corrected chi connectivity index (χ4v) is 5.37. The van der Waals surface area contributed by atoms with Crippen molar-refractivity contribution in [1.82, 2.24) is 9.80 Å². The van der Waals surface area contributed by atoms with Crippen LogP contribution < -0.4 is 4.90 Å². The molecule has 0 N–H and O–H groups in total. The molecule has 5 rings (SSSR count). The van der Waals surface area contributed by atoms with E-state index < -0.39 is 0 Å². The molecule has 2 aliphatic rings. The van der Waals surface area contributed by atoms with Gasteiger partial charge >= 0.3 is 0 Å². The number of anilines is 1. The van der Waals surface area contributed by atoms with Gasteiger partial charge in [-0.15, -0.1) is 0 Å². The summed E-state index contributed by atoms with van der Waals surface area (Å²) < 4.78 is 1.16. The van der Waals surface area contributed by atoms with Gasteiger partial charge in [0.15, 0.2) is 0 Å². The van der Waals surface area contributed by atoms with Crippen LogP contribution in [0.1, 0.15) is 16.7 Å². The molecule has 30 heavy (non-hydrogen) atoms. The van der Waals surface area contributed by atoms with E-state index in [1.807, 2.05) is 0 Å². The Hall–Kier alpha value is -2.14. The van der Waals surface area contributed by atoms with E-state index in [2.05, 4.69) is 109 Å². The predicted octanol–water partition coefficient (Wildman–Crippen LogP) is 5.16. The highest BCUT2D eigenvalue weighted by Crippen LogP contribution is 2.31. The van der Waals surface area contributed by atoms with Crippen LogP contribution in [-0.4, -0.2) is 42.0 Å². The summed E-state index contributed by atoms with van der Waals surface area (Å²) in [5, 5.41) is 0. The first kappa shape index (κ1) is 19.8. The number of nitrogens with zero attached hydrogens (tertiary/aromatic N) is 3. The lowest BCUT2D eigenvalue weighted by Gasteiger charge is -2.43. The molecular formula is C26H28BrN3. The summed E-state index contributed by atoms with van der Waals surface area (Å²) >= 11 is 3.63. The molecule has 0 aromatic heterocycles. The number of hydrogen-bond acceptors (Lipinski definition) is 3. The van der Waals surface area contributed by atoms with Crippen molar-refractivity contribution in [3.05, 3.63) is 100 Å². The molecule has 3 aromatic carbocycles. The highest BCUT2D eigenvalue weighted by molar-refractivity contribution is 9.10. The van der Waals surface area contributed by atoms with Crippen molar-refractivity contribution in [2.45, 2.75) is 25.7 Å². The zero-order chi connectivity index (χ0) is 20.3. The van der Waals surface area contributed by atoms with Gasteiger partial charge in [0.25, 0.3) is 0 Å². The molecule has 0 amide bonds. The zero-order valence-electron chi connectivity index (χ0n) is 17.3. The third kappa shape index (κ3) is 4.46. The Morgan fingerprint density at radius 1 is 0.733 bits per heavy atom. The van der Waals surface area contributed by atoms with Gasteiger partial charge in [0.2, 0.25) is 0 Å². The monoisotopic (exact) mass is 461 g/mol. The Labute approximate surface area is 188 Å². The smallest absolute Gasteiger partial charge is 0.0545 e. The average Bonchev–Trinajstić information content (AvgIpc) is 2.90. The molecular weight excluding hydrogens is 434 g/mol. The van der Waals surface area contributed by atoms with Crippen LogP contribution in [0.5, 0.6) is 0 Å². The molecule has 0 saturated carbocycles. The number of para-hydroxylation sites is 1. The quantitative estimate of drug-likeness (QED) is 0.531. The molecule has 3 nitrogen and oxygen atoms in total. The van der Waals surface area contributed by atoms with E-state index in [9.17, 15) is 0 Å². The molecule has 1 saturated heterocycles. The molecule has 1 atom stereocenters. The van der Waals surface area contributed by atoms with E-state index in [4.69, 9.17) is 0 Å². The molecule has 0 bridgehead atoms. The van der Waals surface area contributed by atoms with Crippen LogP contribution in [0.3, 0.4) is 0 Å². The van der Waals surface area contributed by atoms with Crippen LogP contribution in [0.15, 0.2) is 83.3 Å². The maximum atomic E-state index is 3.63. The molecule has 1 fully saturated rings. The first-order chi connectivity index (χ1) is 14.7. The molecule has 0 aliphatic carbocycles. The van der Waals surface area contributed by atoms with E-state index in [1.54, 1.807) is 0 Å². The summed E-state index contributed by atoms with van der Waals surface area (Å²) in [6.45, 7) is 7.44. The standard InChI is InChI=1S/C26H28BrN3/c27-24-11-6-9-22(15-24)17-29-18-23-10-4-5-12-26(23)30-14-13-28(19-25(30)20-29)16-21-7-2-1-3-8-21/h1-12,15,25H,13-14,16-20H2. The maximum absolute atomic E-state index is 3.63. The van der Waals surface area contributed by atoms with Gasteiger partial charge in [-0.2, -0.15) is 0 Å². The highest BCUT2D eigenvalue weighted by atomic mass is 79.9. The van der Waals surface area contributed by atoms with E-state index in [0.29, 0.717) is 6.04 Å². The Kier molecular flexibility index (Phi) is 5.89. The van der Waals surface area contributed by atoms with Gasteiger partial charge in [-0.1, -0.05) is 76.6 Å². The fraction of sp³-hybridized carbons (Fsp3) is 0.308. The maximum Gasteiger partial charge on any atom is 0.0545 e. The summed E-state index contributed by atoms with van der Waals surface area (Å²) in [7, 11) is 0. The number of rotatable bonds is 4. The van der Waals surface area contributed by atoms with Crippen LogP contribution in [-0.2, 0) is 19.6 Å². The van der Waals surface area contributed by atoms with Crippen LogP contribution in [0.25, 0.3) is 0 Å². The third-order valence-electron chi connectivity index (χ3n) is 6.28. The number of fused-ring (bicyclic) bond motifs is 3. The topological polar surface area (TPSA) is 9.72 Å². The van der Waals surface area contributed by atoms with Crippen molar-refractivity contribution in [2.24, 2.45) is 0 Å². The van der Waals surface area contributed by atoms with Crippen molar-refractivity contribution in [1.29, 1.82) is 0 Å². The van der Waals surface area contributed by atoms with Crippen LogP contribution in [0, 0.1) is 0 Å². The molecule has 154 valence electrons. The van der Waals surface area contributed by atoms with Gasteiger partial charge in [-0.3, -0.25) is 9.80 Å². The van der Waals surface area contributed by atoms with Crippen molar-refractivity contribution in [3.63, 3.8) is 0 Å². The van der Waals surface area contributed by atoms with Crippen LogP contribution >= 0.6 is 15.9 Å². The van der Waals surface area contributed by atoms with Gasteiger partial charge < -0.3 is 4.90 Å². The van der Waals surface area contributed by atoms with Crippen LogP contribution in [0.4, 0.5) is 5.69 Å². The largest absolute Gasteiger partial charge is 0.364 e. The number of halogens is 1. The van der Waals surface area contributed by atoms with Gasteiger partial charge in [-0.05, 0) is 34.9 Å². The lowest BCUT2D eigenvalue weighted by atomic mass is 10.1. The van der Waals surface area contributed by atoms with Gasteiger partial charge in [0.1, 0.15) is 0 Å². The molecule has 3 aromatic rings. The predicted molar refractivity (Wildman–Crippen MR) is 128 cm³/mol. The van der Waals surface area contributed by atoms with Gasteiger partial charge in [0.05, 0.1) is 6.04 Å². The van der Waals surface area contributed by atoms with Gasteiger partial charge in [0, 0.05) is 56.0 Å². The van der Waals surface area contributed by atoms with Crippen molar-refractivity contribution >= 4 is 21.6 Å². The van der Waals surface area contributed by atoms with E-state index >= 15 is 0 Å². The second-order valence-electron chi connectivity index (χ2n) is 8.50. The van der Waals surface area contributed by atoms with Crippen molar-refractivity contribution in [3.8, 4) is 0 Å². The lowest BCUT2D eigenvalue weighted by Crippen LogP contribution is -2.55. The summed E-state index contributed by atoms with van der Waals surface area (Å²) in [6.07, 6.45) is 0. The van der Waals surface area contributed by atoms with Gasteiger partial charge in [-0.25, -0.2) is 0 Å². The molecule has 0 spiro atoms. The summed E-state index contributed by atoms with van der Waals surface area (Å²) in [5.41, 5.74) is 5.66. The minimum Gasteiger partial charge on any atom is -0.364 e. The first-order valence-electron chi connectivity index (χ1n) is 10.8. The average molecular weight is 462 g/mol. The molecule has 2 aliphatic heterocycles. The molecule has 0 radical (unpaired) electrons. The zero-order valence-corrected chi connectivity index (χ0v) is 18.8. The Bertz CT molecular complexity index is 990. The SMILES string of the molecule is Brc1cccc(CN2Cc3ccccc3N3CCN(Cc4ccccc4)CC3C2)c1. The normalized spacial score (nSPS) is 19.8. The number of piperazine rings is 1. The molecule has 4 heteroatoms. The third-order valence-corrected chi connectivity index (χ3v) is 6.77. The van der Waals surface area contributed by atoms with Crippen molar-refractivity contribution < 1.29 is 0 Å². The van der Waals surface area contributed by atoms with E-state index in [1.165, 1.54) is 22.4 Å². The van der Waals surface area contributed by atoms with E-state index in [-0.39, 0.29) is 0 Å². The summed E-state index contributed by atoms with van der Waals surface area (Å²) in [4.78, 5) is 7.91. The molecule has 2 heterocycles. The molecule has 1 unspecified atom stereocenters. The number of hydrogen-bond donors (Lipinski definition) is 0. The lowest BCUT2D eigenvalue weighted by molar-refractivity contribution is 0.172. The first-order valence-corrected chi connectivity index (χ1v) is 11.6. The minimum atomic E-state index is 0.512. The number of benzene rings is 3.